The number of piperidine rings is 1. The highest BCUT2D eigenvalue weighted by molar-refractivity contribution is 5.79. The quantitative estimate of drug-likeness (QED) is 0.397. The van der Waals surface area contributed by atoms with Crippen molar-refractivity contribution in [1.82, 2.24) is 20.4 Å². The predicted octanol–water partition coefficient (Wildman–Crippen LogP) is 3.07. The van der Waals surface area contributed by atoms with Crippen molar-refractivity contribution < 1.29 is 0 Å². The fourth-order valence-electron chi connectivity index (χ4n) is 3.65. The molecule has 2 rings (SSSR count). The van der Waals surface area contributed by atoms with E-state index < -0.39 is 0 Å². The first-order valence-electron chi connectivity index (χ1n) is 10.6. The van der Waals surface area contributed by atoms with Gasteiger partial charge >= 0.3 is 0 Å². The number of hydrogen-bond donors (Lipinski definition) is 2. The third-order valence-corrected chi connectivity index (χ3v) is 5.52. The smallest absolute Gasteiger partial charge is 0.191 e. The fourth-order valence-corrected chi connectivity index (χ4v) is 3.65. The molecule has 1 saturated heterocycles. The Morgan fingerprint density at radius 1 is 1.26 bits per heavy atom. The predicted molar refractivity (Wildman–Crippen MR) is 116 cm³/mol. The van der Waals surface area contributed by atoms with Gasteiger partial charge in [0.1, 0.15) is 0 Å². The van der Waals surface area contributed by atoms with Gasteiger partial charge in [-0.15, -0.1) is 0 Å². The lowest BCUT2D eigenvalue weighted by atomic mass is 10.0. The normalized spacial score (nSPS) is 18.7. The van der Waals surface area contributed by atoms with E-state index in [9.17, 15) is 0 Å². The van der Waals surface area contributed by atoms with E-state index >= 15 is 0 Å². The van der Waals surface area contributed by atoms with Crippen LogP contribution in [0.2, 0.25) is 0 Å². The van der Waals surface area contributed by atoms with Crippen molar-refractivity contribution in [2.75, 3.05) is 40.3 Å². The van der Waals surface area contributed by atoms with Gasteiger partial charge in [-0.2, -0.15) is 0 Å². The minimum absolute atomic E-state index is 0.746. The zero-order valence-electron chi connectivity index (χ0n) is 17.8. The van der Waals surface area contributed by atoms with Crippen LogP contribution in [-0.2, 0) is 13.1 Å². The van der Waals surface area contributed by atoms with E-state index in [1.54, 1.807) is 0 Å². The summed E-state index contributed by atoms with van der Waals surface area (Å²) < 4.78 is 0. The number of likely N-dealkylation sites (tertiary alicyclic amines) is 1. The molecule has 5 heteroatoms. The topological polar surface area (TPSA) is 42.9 Å². The van der Waals surface area contributed by atoms with Crippen molar-refractivity contribution in [3.05, 3.63) is 35.4 Å². The van der Waals surface area contributed by atoms with Crippen LogP contribution in [0.4, 0.5) is 0 Å². The fraction of sp³-hybridized carbons (Fsp3) is 0.682. The molecule has 1 heterocycles. The second kappa shape index (κ2) is 12.0. The molecule has 2 N–H and O–H groups in total. The molecular formula is C22H39N5. The zero-order valence-corrected chi connectivity index (χ0v) is 17.8. The highest BCUT2D eigenvalue weighted by Crippen LogP contribution is 2.16. The van der Waals surface area contributed by atoms with Gasteiger partial charge in [0, 0.05) is 39.3 Å². The number of rotatable bonds is 9. The van der Waals surface area contributed by atoms with Crippen LogP contribution in [0.1, 0.15) is 50.7 Å². The largest absolute Gasteiger partial charge is 0.356 e. The van der Waals surface area contributed by atoms with E-state index in [0.717, 1.165) is 44.6 Å². The Hall–Kier alpha value is -1.59. The Labute approximate surface area is 166 Å². The lowest BCUT2D eigenvalue weighted by Gasteiger charge is -2.33. The molecule has 1 fully saturated rings. The van der Waals surface area contributed by atoms with E-state index in [4.69, 9.17) is 0 Å². The average molecular weight is 374 g/mol. The molecule has 1 aliphatic heterocycles. The molecule has 1 atom stereocenters. The van der Waals surface area contributed by atoms with E-state index in [-0.39, 0.29) is 0 Å². The average Bonchev–Trinajstić information content (AvgIpc) is 2.69. The third kappa shape index (κ3) is 7.89. The summed E-state index contributed by atoms with van der Waals surface area (Å²) in [4.78, 5) is 9.30. The van der Waals surface area contributed by atoms with Gasteiger partial charge in [-0.25, -0.2) is 0 Å². The lowest BCUT2D eigenvalue weighted by Crippen LogP contribution is -2.41. The van der Waals surface area contributed by atoms with Crippen molar-refractivity contribution in [2.45, 2.75) is 58.7 Å². The SMILES string of the molecule is CCN(C)Cc1cccc(CNC(=NC)NCCCN2CCCCC2C)c1. The summed E-state index contributed by atoms with van der Waals surface area (Å²) in [5.41, 5.74) is 2.65. The van der Waals surface area contributed by atoms with E-state index in [1.807, 2.05) is 7.05 Å². The minimum atomic E-state index is 0.746. The Morgan fingerprint density at radius 3 is 2.81 bits per heavy atom. The molecule has 0 spiro atoms. The highest BCUT2D eigenvalue weighted by atomic mass is 15.2. The van der Waals surface area contributed by atoms with Crippen LogP contribution in [0.3, 0.4) is 0 Å². The summed E-state index contributed by atoms with van der Waals surface area (Å²) >= 11 is 0. The number of nitrogens with zero attached hydrogens (tertiary/aromatic N) is 3. The molecule has 1 aromatic rings. The summed E-state index contributed by atoms with van der Waals surface area (Å²) in [6.45, 7) is 10.8. The Bertz CT molecular complexity index is 572. The van der Waals surface area contributed by atoms with Crippen LogP contribution in [0, 0.1) is 0 Å². The molecule has 0 amide bonds. The molecular weight excluding hydrogens is 334 g/mol. The Morgan fingerprint density at radius 2 is 2.07 bits per heavy atom. The van der Waals surface area contributed by atoms with Gasteiger partial charge in [0.05, 0.1) is 0 Å². The number of guanidine groups is 1. The second-order valence-electron chi connectivity index (χ2n) is 7.74. The molecule has 1 aromatic carbocycles. The van der Waals surface area contributed by atoms with Crippen LogP contribution >= 0.6 is 0 Å². The van der Waals surface area contributed by atoms with E-state index in [0.29, 0.717) is 0 Å². The summed E-state index contributed by atoms with van der Waals surface area (Å²) in [5.74, 6) is 0.887. The van der Waals surface area contributed by atoms with Crippen molar-refractivity contribution in [1.29, 1.82) is 0 Å². The number of hydrogen-bond acceptors (Lipinski definition) is 3. The van der Waals surface area contributed by atoms with Crippen LogP contribution in [-0.4, -0.2) is 62.1 Å². The molecule has 152 valence electrons. The van der Waals surface area contributed by atoms with Crippen molar-refractivity contribution in [3.8, 4) is 0 Å². The molecule has 1 unspecified atom stereocenters. The van der Waals surface area contributed by atoms with E-state index in [2.05, 4.69) is 70.6 Å². The highest BCUT2D eigenvalue weighted by Gasteiger charge is 2.17. The maximum Gasteiger partial charge on any atom is 0.191 e. The van der Waals surface area contributed by atoms with Gasteiger partial charge < -0.3 is 20.4 Å². The van der Waals surface area contributed by atoms with Gasteiger partial charge in [-0.3, -0.25) is 4.99 Å². The molecule has 0 aromatic heterocycles. The van der Waals surface area contributed by atoms with Gasteiger partial charge in [0.25, 0.3) is 0 Å². The van der Waals surface area contributed by atoms with Crippen molar-refractivity contribution in [3.63, 3.8) is 0 Å². The number of aliphatic imine (C=N–C) groups is 1. The maximum absolute atomic E-state index is 4.36. The van der Waals surface area contributed by atoms with Crippen molar-refractivity contribution >= 4 is 5.96 Å². The minimum Gasteiger partial charge on any atom is -0.356 e. The molecule has 0 radical (unpaired) electrons. The van der Waals surface area contributed by atoms with Gasteiger partial charge in [-0.05, 0) is 57.5 Å². The lowest BCUT2D eigenvalue weighted by molar-refractivity contribution is 0.159. The number of benzene rings is 1. The molecule has 0 saturated carbocycles. The van der Waals surface area contributed by atoms with Crippen LogP contribution in [0.25, 0.3) is 0 Å². The Kier molecular flexibility index (Phi) is 9.64. The molecule has 0 bridgehead atoms. The molecule has 1 aliphatic rings. The third-order valence-electron chi connectivity index (χ3n) is 5.52. The first kappa shape index (κ1) is 21.7. The molecule has 5 nitrogen and oxygen atoms in total. The zero-order chi connectivity index (χ0) is 19.5. The monoisotopic (exact) mass is 373 g/mol. The first-order valence-corrected chi connectivity index (χ1v) is 10.6. The second-order valence-corrected chi connectivity index (χ2v) is 7.74. The van der Waals surface area contributed by atoms with Crippen LogP contribution in [0.15, 0.2) is 29.3 Å². The summed E-state index contributed by atoms with van der Waals surface area (Å²) in [5, 5.41) is 6.89. The van der Waals surface area contributed by atoms with Crippen LogP contribution < -0.4 is 10.6 Å². The molecule has 27 heavy (non-hydrogen) atoms. The maximum atomic E-state index is 4.36. The summed E-state index contributed by atoms with van der Waals surface area (Å²) in [6, 6.07) is 9.54. The number of nitrogens with one attached hydrogen (secondary N) is 2. The van der Waals surface area contributed by atoms with Crippen molar-refractivity contribution in [2.24, 2.45) is 4.99 Å². The Balaban J connectivity index is 1.70. The van der Waals surface area contributed by atoms with Crippen LogP contribution in [0.5, 0.6) is 0 Å². The standard InChI is InChI=1S/C22H39N5/c1-5-26(4)18-21-12-8-11-20(16-21)17-25-22(23-3)24-13-9-15-27-14-7-6-10-19(27)2/h8,11-12,16,19H,5-7,9-10,13-15,17-18H2,1-4H3,(H2,23,24,25). The van der Waals surface area contributed by atoms with E-state index in [1.165, 1.54) is 43.5 Å². The summed E-state index contributed by atoms with van der Waals surface area (Å²) in [6.07, 6.45) is 5.25. The van der Waals surface area contributed by atoms with Gasteiger partial charge in [0.15, 0.2) is 5.96 Å². The van der Waals surface area contributed by atoms with Gasteiger partial charge in [0.2, 0.25) is 0 Å². The summed E-state index contributed by atoms with van der Waals surface area (Å²) in [7, 11) is 4.00. The molecule has 0 aliphatic carbocycles. The first-order chi connectivity index (χ1) is 13.1. The van der Waals surface area contributed by atoms with Gasteiger partial charge in [-0.1, -0.05) is 37.6 Å².